The van der Waals surface area contributed by atoms with Gasteiger partial charge in [-0.1, -0.05) is 30.4 Å². The molecule has 1 atom stereocenters. The van der Waals surface area contributed by atoms with Crippen LogP contribution in [0.1, 0.15) is 42.5 Å². The lowest BCUT2D eigenvalue weighted by Gasteiger charge is -2.41. The Morgan fingerprint density at radius 2 is 1.87 bits per heavy atom. The van der Waals surface area contributed by atoms with Crippen LogP contribution in [-0.2, 0) is 16.0 Å². The van der Waals surface area contributed by atoms with Gasteiger partial charge in [-0.3, -0.25) is 4.79 Å². The predicted octanol–water partition coefficient (Wildman–Crippen LogP) is 4.80. The zero-order valence-electron chi connectivity index (χ0n) is 18.2. The molecular formula is C24H29NO4S. The van der Waals surface area contributed by atoms with Crippen molar-refractivity contribution in [2.75, 3.05) is 18.1 Å². The quantitative estimate of drug-likeness (QED) is 0.546. The van der Waals surface area contributed by atoms with Crippen molar-refractivity contribution in [1.82, 2.24) is 0 Å². The van der Waals surface area contributed by atoms with E-state index in [0.29, 0.717) is 23.8 Å². The molecule has 1 aliphatic rings. The molecule has 1 heterocycles. The van der Waals surface area contributed by atoms with E-state index in [2.05, 4.69) is 0 Å². The highest BCUT2D eigenvalue weighted by Gasteiger charge is 2.41. The number of nitrogens with zero attached hydrogens (tertiary/aromatic N) is 1. The molecule has 2 aromatic carbocycles. The molecule has 1 N–H and O–H groups in total. The molecule has 1 aliphatic heterocycles. The van der Waals surface area contributed by atoms with E-state index in [0.717, 1.165) is 40.1 Å². The SMILES string of the molecule is CCOC(=O)CN(C(=S)C1(C)CCc2c(C)c(O)c(C)c(C)c2O1)c1ccccc1. The lowest BCUT2D eigenvalue weighted by molar-refractivity contribution is -0.141. The number of carbonyl (C=O) groups excluding carboxylic acids is 1. The molecule has 2 aromatic rings. The van der Waals surface area contributed by atoms with Gasteiger partial charge in [0, 0.05) is 11.3 Å². The smallest absolute Gasteiger partial charge is 0.325 e. The monoisotopic (exact) mass is 427 g/mol. The van der Waals surface area contributed by atoms with Gasteiger partial charge in [0.05, 0.1) is 6.61 Å². The molecule has 0 saturated carbocycles. The average molecular weight is 428 g/mol. The third kappa shape index (κ3) is 4.01. The number of esters is 1. The maximum Gasteiger partial charge on any atom is 0.325 e. The number of aromatic hydroxyl groups is 1. The van der Waals surface area contributed by atoms with Gasteiger partial charge in [-0.2, -0.15) is 0 Å². The summed E-state index contributed by atoms with van der Waals surface area (Å²) in [5.74, 6) is 0.772. The summed E-state index contributed by atoms with van der Waals surface area (Å²) in [4.78, 5) is 14.6. The normalized spacial score (nSPS) is 17.6. The molecule has 0 saturated heterocycles. The molecule has 0 radical (unpaired) electrons. The second-order valence-corrected chi connectivity index (χ2v) is 8.28. The topological polar surface area (TPSA) is 59.0 Å². The van der Waals surface area contributed by atoms with Crippen molar-refractivity contribution in [3.05, 3.63) is 52.6 Å². The van der Waals surface area contributed by atoms with Crippen LogP contribution < -0.4 is 9.64 Å². The van der Waals surface area contributed by atoms with Crippen LogP contribution in [0.2, 0.25) is 0 Å². The number of fused-ring (bicyclic) bond motifs is 1. The van der Waals surface area contributed by atoms with Crippen LogP contribution in [0.25, 0.3) is 0 Å². The number of phenolic OH excluding ortho intramolecular Hbond substituents is 1. The summed E-state index contributed by atoms with van der Waals surface area (Å²) in [5, 5.41) is 10.4. The van der Waals surface area contributed by atoms with Gasteiger partial charge in [0.15, 0.2) is 5.60 Å². The van der Waals surface area contributed by atoms with E-state index < -0.39 is 5.60 Å². The van der Waals surface area contributed by atoms with Crippen molar-refractivity contribution in [3.8, 4) is 11.5 Å². The average Bonchev–Trinajstić information content (AvgIpc) is 2.75. The number of benzene rings is 2. The van der Waals surface area contributed by atoms with Crippen molar-refractivity contribution >= 4 is 28.9 Å². The van der Waals surface area contributed by atoms with Crippen molar-refractivity contribution < 1.29 is 19.4 Å². The zero-order chi connectivity index (χ0) is 22.1. The van der Waals surface area contributed by atoms with E-state index in [9.17, 15) is 9.90 Å². The van der Waals surface area contributed by atoms with Gasteiger partial charge < -0.3 is 19.5 Å². The molecule has 160 valence electrons. The van der Waals surface area contributed by atoms with Gasteiger partial charge in [-0.25, -0.2) is 0 Å². The van der Waals surface area contributed by atoms with Crippen molar-refractivity contribution in [2.24, 2.45) is 0 Å². The van der Waals surface area contributed by atoms with E-state index in [4.69, 9.17) is 21.7 Å². The van der Waals surface area contributed by atoms with Crippen LogP contribution in [0.5, 0.6) is 11.5 Å². The Labute approximate surface area is 183 Å². The van der Waals surface area contributed by atoms with Gasteiger partial charge in [-0.05, 0) is 76.3 Å². The van der Waals surface area contributed by atoms with E-state index in [1.165, 1.54) is 0 Å². The fourth-order valence-corrected chi connectivity index (χ4v) is 4.22. The number of anilines is 1. The number of hydrogen-bond donors (Lipinski definition) is 1. The third-order valence-corrected chi connectivity index (χ3v) is 6.53. The number of rotatable bonds is 5. The van der Waals surface area contributed by atoms with Crippen LogP contribution in [0.4, 0.5) is 5.69 Å². The lowest BCUT2D eigenvalue weighted by Crippen LogP contribution is -2.53. The number of thiocarbonyl (C=S) groups is 1. The molecule has 3 rings (SSSR count). The molecule has 1 unspecified atom stereocenters. The summed E-state index contributed by atoms with van der Waals surface area (Å²) in [6.45, 7) is 9.86. The minimum absolute atomic E-state index is 0.0229. The molecule has 5 nitrogen and oxygen atoms in total. The van der Waals surface area contributed by atoms with Crippen LogP contribution in [0, 0.1) is 20.8 Å². The second-order valence-electron chi connectivity index (χ2n) is 7.90. The summed E-state index contributed by atoms with van der Waals surface area (Å²) in [7, 11) is 0. The van der Waals surface area contributed by atoms with Crippen molar-refractivity contribution in [3.63, 3.8) is 0 Å². The number of carbonyl (C=O) groups is 1. The van der Waals surface area contributed by atoms with Crippen LogP contribution in [0.3, 0.4) is 0 Å². The first kappa shape index (κ1) is 22.1. The second kappa shape index (κ2) is 8.64. The van der Waals surface area contributed by atoms with Crippen LogP contribution in [-0.4, -0.2) is 34.8 Å². The molecule has 6 heteroatoms. The first-order valence-electron chi connectivity index (χ1n) is 10.2. The summed E-state index contributed by atoms with van der Waals surface area (Å²) in [6.07, 6.45) is 1.38. The fraction of sp³-hybridized carbons (Fsp3) is 0.417. The van der Waals surface area contributed by atoms with Crippen LogP contribution >= 0.6 is 12.2 Å². The molecule has 0 fully saturated rings. The molecule has 0 spiro atoms. The van der Waals surface area contributed by atoms with E-state index in [1.54, 1.807) is 11.8 Å². The highest BCUT2D eigenvalue weighted by atomic mass is 32.1. The van der Waals surface area contributed by atoms with Gasteiger partial charge in [0.25, 0.3) is 0 Å². The predicted molar refractivity (Wildman–Crippen MR) is 123 cm³/mol. The maximum atomic E-state index is 12.3. The summed E-state index contributed by atoms with van der Waals surface area (Å²) >= 11 is 5.90. The van der Waals surface area contributed by atoms with Gasteiger partial charge >= 0.3 is 5.97 Å². The Hall–Kier alpha value is -2.60. The molecule has 0 aromatic heterocycles. The Kier molecular flexibility index (Phi) is 6.36. The number of hydrogen-bond acceptors (Lipinski definition) is 5. The largest absolute Gasteiger partial charge is 0.507 e. The standard InChI is InChI=1S/C24H29NO4S/c1-6-28-20(26)14-25(18-10-8-7-9-11-18)23(30)24(5)13-12-19-17(4)21(27)15(2)16(3)22(19)29-24/h7-11,27H,6,12-14H2,1-5H3. The summed E-state index contributed by atoms with van der Waals surface area (Å²) in [6, 6.07) is 9.59. The Bertz CT molecular complexity index is 973. The van der Waals surface area contributed by atoms with Gasteiger partial charge in [0.2, 0.25) is 0 Å². The van der Waals surface area contributed by atoms with Crippen LogP contribution in [0.15, 0.2) is 30.3 Å². The first-order valence-corrected chi connectivity index (χ1v) is 10.6. The highest BCUT2D eigenvalue weighted by molar-refractivity contribution is 7.80. The van der Waals surface area contributed by atoms with E-state index >= 15 is 0 Å². The van der Waals surface area contributed by atoms with Gasteiger partial charge in [0.1, 0.15) is 23.0 Å². The maximum absolute atomic E-state index is 12.3. The molecule has 30 heavy (non-hydrogen) atoms. The number of ether oxygens (including phenoxy) is 2. The zero-order valence-corrected chi connectivity index (χ0v) is 19.1. The minimum Gasteiger partial charge on any atom is -0.507 e. The third-order valence-electron chi connectivity index (χ3n) is 5.88. The Morgan fingerprint density at radius 3 is 2.50 bits per heavy atom. The summed E-state index contributed by atoms with van der Waals surface area (Å²) in [5.41, 5.74) is 3.65. The molecule has 0 aliphatic carbocycles. The first-order chi connectivity index (χ1) is 14.2. The Balaban J connectivity index is 1.98. The van der Waals surface area contributed by atoms with E-state index in [1.807, 2.05) is 58.0 Å². The number of phenols is 1. The van der Waals surface area contributed by atoms with E-state index in [-0.39, 0.29) is 12.5 Å². The Morgan fingerprint density at radius 1 is 1.20 bits per heavy atom. The van der Waals surface area contributed by atoms with Crippen molar-refractivity contribution in [1.29, 1.82) is 0 Å². The lowest BCUT2D eigenvalue weighted by atomic mass is 9.86. The highest BCUT2D eigenvalue weighted by Crippen LogP contribution is 2.44. The fourth-order valence-electron chi connectivity index (χ4n) is 3.91. The number of para-hydroxylation sites is 1. The molecular weight excluding hydrogens is 398 g/mol. The molecule has 0 amide bonds. The summed E-state index contributed by atoms with van der Waals surface area (Å²) < 4.78 is 11.7. The van der Waals surface area contributed by atoms with Gasteiger partial charge in [-0.15, -0.1) is 0 Å². The minimum atomic E-state index is -0.773. The molecule has 0 bridgehead atoms. The van der Waals surface area contributed by atoms with Crippen molar-refractivity contribution in [2.45, 2.75) is 53.1 Å².